The molecule has 1 fully saturated rings. The van der Waals surface area contributed by atoms with Crippen LogP contribution in [0.2, 0.25) is 0 Å². The van der Waals surface area contributed by atoms with Gasteiger partial charge in [0.2, 0.25) is 10.0 Å². The van der Waals surface area contributed by atoms with Crippen molar-refractivity contribution in [3.8, 4) is 0 Å². The lowest BCUT2D eigenvalue weighted by Crippen LogP contribution is -2.38. The molecule has 1 aliphatic carbocycles. The molecule has 1 saturated carbocycles. The van der Waals surface area contributed by atoms with Crippen molar-refractivity contribution in [2.24, 2.45) is 0 Å². The minimum Gasteiger partial charge on any atom is -0.465 e. The molecule has 1 aromatic carbocycles. The molecule has 2 aliphatic rings. The third-order valence-electron chi connectivity index (χ3n) is 4.64. The monoisotopic (exact) mass is 323 g/mol. The second kappa shape index (κ2) is 5.91. The predicted molar refractivity (Wildman–Crippen MR) is 84.6 cm³/mol. The summed E-state index contributed by atoms with van der Waals surface area (Å²) in [4.78, 5) is 11.7. The third-order valence-corrected chi connectivity index (χ3v) is 6.95. The summed E-state index contributed by atoms with van der Waals surface area (Å²) in [6.07, 6.45) is 5.26. The normalized spacial score (nSPS) is 19.0. The fraction of sp³-hybridized carbons (Fsp3) is 0.562. The first-order chi connectivity index (χ1) is 10.5. The molecule has 5 nitrogen and oxygen atoms in total. The Morgan fingerprint density at radius 2 is 1.95 bits per heavy atom. The van der Waals surface area contributed by atoms with E-state index in [-0.39, 0.29) is 5.25 Å². The maximum atomic E-state index is 12.9. The second-order valence-corrected chi connectivity index (χ2v) is 8.10. The van der Waals surface area contributed by atoms with Crippen molar-refractivity contribution >= 4 is 21.7 Å². The molecule has 0 aromatic heterocycles. The molecular weight excluding hydrogens is 302 g/mol. The largest absolute Gasteiger partial charge is 0.465 e. The Bertz CT molecular complexity index is 677. The Balaban J connectivity index is 1.94. The number of hydrogen-bond donors (Lipinski definition) is 0. The van der Waals surface area contributed by atoms with E-state index in [0.29, 0.717) is 24.2 Å². The van der Waals surface area contributed by atoms with Gasteiger partial charge in [-0.3, -0.25) is 4.31 Å². The predicted octanol–water partition coefficient (Wildman–Crippen LogP) is 2.50. The summed E-state index contributed by atoms with van der Waals surface area (Å²) in [6.45, 7) is 0.471. The topological polar surface area (TPSA) is 63.7 Å². The van der Waals surface area contributed by atoms with Crippen LogP contribution in [0.3, 0.4) is 0 Å². The average Bonchev–Trinajstić information content (AvgIpc) is 2.98. The lowest BCUT2D eigenvalue weighted by Gasteiger charge is -2.28. The highest BCUT2D eigenvalue weighted by Crippen LogP contribution is 2.35. The van der Waals surface area contributed by atoms with Gasteiger partial charge in [0.15, 0.2) is 0 Å². The zero-order valence-corrected chi connectivity index (χ0v) is 13.6. The highest BCUT2D eigenvalue weighted by Gasteiger charge is 2.36. The van der Waals surface area contributed by atoms with Gasteiger partial charge in [0.25, 0.3) is 0 Å². The van der Waals surface area contributed by atoms with E-state index in [1.807, 2.05) is 6.07 Å². The molecule has 0 atom stereocenters. The zero-order valence-electron chi connectivity index (χ0n) is 12.7. The van der Waals surface area contributed by atoms with E-state index in [0.717, 1.165) is 37.7 Å². The van der Waals surface area contributed by atoms with Crippen LogP contribution in [0.1, 0.15) is 48.0 Å². The lowest BCUT2D eigenvalue weighted by molar-refractivity contribution is 0.0601. The summed E-state index contributed by atoms with van der Waals surface area (Å²) in [5.74, 6) is -0.440. The minimum atomic E-state index is -3.34. The van der Waals surface area contributed by atoms with Crippen LogP contribution in [0.25, 0.3) is 0 Å². The Morgan fingerprint density at radius 1 is 1.23 bits per heavy atom. The summed E-state index contributed by atoms with van der Waals surface area (Å²) in [5, 5.41) is -0.283. The maximum absolute atomic E-state index is 12.9. The summed E-state index contributed by atoms with van der Waals surface area (Å²) in [6, 6.07) is 5.17. The molecule has 0 bridgehead atoms. The van der Waals surface area contributed by atoms with Gasteiger partial charge < -0.3 is 4.74 Å². The fourth-order valence-electron chi connectivity index (χ4n) is 3.40. The summed E-state index contributed by atoms with van der Waals surface area (Å²) >= 11 is 0. The Morgan fingerprint density at radius 3 is 2.64 bits per heavy atom. The molecule has 22 heavy (non-hydrogen) atoms. The van der Waals surface area contributed by atoms with E-state index >= 15 is 0 Å². The molecule has 1 aliphatic heterocycles. The van der Waals surface area contributed by atoms with E-state index in [4.69, 9.17) is 4.74 Å². The van der Waals surface area contributed by atoms with Gasteiger partial charge >= 0.3 is 5.97 Å². The zero-order chi connectivity index (χ0) is 15.7. The summed E-state index contributed by atoms with van der Waals surface area (Å²) in [5.41, 5.74) is 2.02. The molecule has 0 saturated heterocycles. The number of rotatable bonds is 3. The first-order valence-electron chi connectivity index (χ1n) is 7.77. The van der Waals surface area contributed by atoms with Crippen LogP contribution in [0, 0.1) is 0 Å². The number of esters is 1. The molecule has 6 heteroatoms. The van der Waals surface area contributed by atoms with E-state index in [2.05, 4.69) is 0 Å². The molecule has 0 amide bonds. The molecule has 0 unspecified atom stereocenters. The van der Waals surface area contributed by atoms with E-state index in [9.17, 15) is 13.2 Å². The Hall–Kier alpha value is -1.56. The molecule has 0 radical (unpaired) electrons. The number of ether oxygens (including phenoxy) is 1. The van der Waals surface area contributed by atoms with Crippen LogP contribution in [0.5, 0.6) is 0 Å². The molecule has 0 spiro atoms. The summed E-state index contributed by atoms with van der Waals surface area (Å²) < 4.78 is 32.1. The number of methoxy groups -OCH3 is 1. The summed E-state index contributed by atoms with van der Waals surface area (Å²) in [7, 11) is -2.02. The first-order valence-corrected chi connectivity index (χ1v) is 9.27. The van der Waals surface area contributed by atoms with Crippen molar-refractivity contribution in [2.45, 2.75) is 43.8 Å². The van der Waals surface area contributed by atoms with Crippen molar-refractivity contribution in [1.82, 2.24) is 0 Å². The molecule has 0 N–H and O–H groups in total. The molecule has 1 aromatic rings. The van der Waals surface area contributed by atoms with Crippen LogP contribution in [-0.2, 0) is 21.2 Å². The van der Waals surface area contributed by atoms with Gasteiger partial charge in [0.1, 0.15) is 0 Å². The van der Waals surface area contributed by atoms with Gasteiger partial charge in [-0.25, -0.2) is 13.2 Å². The van der Waals surface area contributed by atoms with Crippen LogP contribution >= 0.6 is 0 Å². The molecule has 1 heterocycles. The number of carbonyl (C=O) groups is 1. The Kier molecular flexibility index (Phi) is 4.12. The maximum Gasteiger partial charge on any atom is 0.337 e. The highest BCUT2D eigenvalue weighted by molar-refractivity contribution is 7.93. The van der Waals surface area contributed by atoms with Crippen LogP contribution in [0.4, 0.5) is 5.69 Å². The number of anilines is 1. The smallest absolute Gasteiger partial charge is 0.337 e. The van der Waals surface area contributed by atoms with Crippen molar-refractivity contribution in [3.63, 3.8) is 0 Å². The van der Waals surface area contributed by atoms with Crippen LogP contribution in [0.15, 0.2) is 18.2 Å². The third kappa shape index (κ3) is 2.60. The lowest BCUT2D eigenvalue weighted by atomic mass is 10.0. The number of benzene rings is 1. The molecule has 120 valence electrons. The number of carbonyl (C=O) groups excluding carboxylic acids is 1. The van der Waals surface area contributed by atoms with Crippen LogP contribution < -0.4 is 4.31 Å². The van der Waals surface area contributed by atoms with E-state index < -0.39 is 16.0 Å². The van der Waals surface area contributed by atoms with Gasteiger partial charge in [-0.2, -0.15) is 0 Å². The van der Waals surface area contributed by atoms with E-state index in [1.54, 1.807) is 12.1 Å². The van der Waals surface area contributed by atoms with Crippen molar-refractivity contribution < 1.29 is 17.9 Å². The van der Waals surface area contributed by atoms with Crippen molar-refractivity contribution in [3.05, 3.63) is 29.3 Å². The number of fused-ring (bicyclic) bond motifs is 1. The highest BCUT2D eigenvalue weighted by atomic mass is 32.2. The van der Waals surface area contributed by atoms with Gasteiger partial charge in [-0.15, -0.1) is 0 Å². The Labute approximate surface area is 131 Å². The number of sulfonamides is 1. The minimum absolute atomic E-state index is 0.283. The van der Waals surface area contributed by atoms with Crippen molar-refractivity contribution in [1.29, 1.82) is 0 Å². The first kappa shape index (κ1) is 15.3. The van der Waals surface area contributed by atoms with Gasteiger partial charge in [-0.05, 0) is 37.0 Å². The average molecular weight is 323 g/mol. The number of hydrogen-bond acceptors (Lipinski definition) is 4. The van der Waals surface area contributed by atoms with Gasteiger partial charge in [0.05, 0.1) is 23.6 Å². The van der Waals surface area contributed by atoms with E-state index in [1.165, 1.54) is 11.4 Å². The quantitative estimate of drug-likeness (QED) is 0.802. The van der Waals surface area contributed by atoms with Crippen LogP contribution in [-0.4, -0.2) is 33.3 Å². The second-order valence-electron chi connectivity index (χ2n) is 5.96. The van der Waals surface area contributed by atoms with Gasteiger partial charge in [-0.1, -0.05) is 25.3 Å². The molecule has 3 rings (SSSR count). The standard InChI is InChI=1S/C16H21NO4S/c1-21-16(18)13-8-7-12-9-10-17(15(12)11-13)22(19,20)14-5-3-2-4-6-14/h7-8,11,14H,2-6,9-10H2,1H3. The van der Waals surface area contributed by atoms with Gasteiger partial charge in [0, 0.05) is 6.54 Å². The fourth-order valence-corrected chi connectivity index (χ4v) is 5.48. The SMILES string of the molecule is COC(=O)c1ccc2c(c1)N(S(=O)(=O)C1CCCCC1)CC2. The molecular formula is C16H21NO4S. The number of nitrogens with zero attached hydrogens (tertiary/aromatic N) is 1. The van der Waals surface area contributed by atoms with Crippen molar-refractivity contribution in [2.75, 3.05) is 18.0 Å².